The van der Waals surface area contributed by atoms with Gasteiger partial charge in [0.1, 0.15) is 5.60 Å². The molecule has 1 aromatic carbocycles. The van der Waals surface area contributed by atoms with Crippen molar-refractivity contribution in [2.24, 2.45) is 0 Å². The summed E-state index contributed by atoms with van der Waals surface area (Å²) in [4.78, 5) is 17.5. The maximum atomic E-state index is 13.2. The monoisotopic (exact) mass is 469 g/mol. The fourth-order valence-corrected chi connectivity index (χ4v) is 5.43. The molecule has 0 unspecified atom stereocenters. The molecule has 7 nitrogen and oxygen atoms in total. The van der Waals surface area contributed by atoms with Crippen LogP contribution in [0.4, 0.5) is 9.80 Å². The van der Waals surface area contributed by atoms with Crippen LogP contribution in [0.3, 0.4) is 0 Å². The van der Waals surface area contributed by atoms with Gasteiger partial charge in [-0.2, -0.15) is 0 Å². The number of anilines is 1. The van der Waals surface area contributed by atoms with Crippen molar-refractivity contribution in [3.05, 3.63) is 66.5 Å². The van der Waals surface area contributed by atoms with E-state index in [9.17, 15) is 13.2 Å². The molecule has 0 saturated heterocycles. The van der Waals surface area contributed by atoms with Crippen LogP contribution in [0.15, 0.2) is 65.8 Å². The highest BCUT2D eigenvalue weighted by molar-refractivity contribution is 7.90. The second-order valence-electron chi connectivity index (χ2n) is 8.32. The highest BCUT2D eigenvalue weighted by atomic mass is 32.2. The zero-order valence-electron chi connectivity index (χ0n) is 18.1. The van der Waals surface area contributed by atoms with Crippen LogP contribution in [0, 0.1) is 6.92 Å². The third-order valence-corrected chi connectivity index (χ3v) is 7.34. The van der Waals surface area contributed by atoms with Gasteiger partial charge in [0, 0.05) is 28.2 Å². The molecule has 0 spiro atoms. The van der Waals surface area contributed by atoms with Crippen LogP contribution in [0.25, 0.3) is 21.5 Å². The van der Waals surface area contributed by atoms with Crippen LogP contribution in [0.1, 0.15) is 26.3 Å². The van der Waals surface area contributed by atoms with Gasteiger partial charge < -0.3 is 4.74 Å². The molecular weight excluding hydrogens is 446 g/mol. The van der Waals surface area contributed by atoms with Gasteiger partial charge in [-0.15, -0.1) is 11.3 Å². The molecule has 0 saturated carbocycles. The second kappa shape index (κ2) is 8.07. The van der Waals surface area contributed by atoms with Gasteiger partial charge in [-0.05, 0) is 64.1 Å². The van der Waals surface area contributed by atoms with E-state index in [0.717, 1.165) is 16.0 Å². The third kappa shape index (κ3) is 4.39. The molecular formula is C23H23N3O4S2. The van der Waals surface area contributed by atoms with Crippen molar-refractivity contribution >= 4 is 43.5 Å². The Balaban J connectivity index is 1.68. The number of aromatic nitrogens is 2. The molecule has 1 N–H and O–H groups in total. The highest BCUT2D eigenvalue weighted by Gasteiger charge is 2.21. The molecule has 4 aromatic rings. The van der Waals surface area contributed by atoms with Crippen LogP contribution < -0.4 is 5.32 Å². The average Bonchev–Trinajstić information content (AvgIpc) is 3.34. The maximum absolute atomic E-state index is 13.2. The molecule has 0 radical (unpaired) electrons. The summed E-state index contributed by atoms with van der Waals surface area (Å²) < 4.78 is 32.8. The molecule has 0 aliphatic carbocycles. The zero-order valence-corrected chi connectivity index (χ0v) is 19.8. The van der Waals surface area contributed by atoms with E-state index in [1.54, 1.807) is 63.4 Å². The third-order valence-electron chi connectivity index (χ3n) is 4.63. The largest absolute Gasteiger partial charge is 0.444 e. The number of nitrogens with zero attached hydrogens (tertiary/aromatic N) is 2. The smallest absolute Gasteiger partial charge is 0.412 e. The minimum atomic E-state index is -3.78. The number of rotatable bonds is 4. The quantitative estimate of drug-likeness (QED) is 0.417. The van der Waals surface area contributed by atoms with E-state index in [4.69, 9.17) is 4.74 Å². The number of carbonyl (C=O) groups excluding carboxylic acids is 1. The normalized spacial score (nSPS) is 12.1. The van der Waals surface area contributed by atoms with Crippen molar-refractivity contribution in [1.82, 2.24) is 8.96 Å². The minimum absolute atomic E-state index is 0.202. The first-order valence-electron chi connectivity index (χ1n) is 9.93. The number of aryl methyl sites for hydroxylation is 1. The summed E-state index contributed by atoms with van der Waals surface area (Å²) >= 11 is 1.37. The van der Waals surface area contributed by atoms with Gasteiger partial charge >= 0.3 is 6.09 Å². The Morgan fingerprint density at radius 3 is 2.47 bits per heavy atom. The number of benzene rings is 1. The molecule has 0 fully saturated rings. The first-order chi connectivity index (χ1) is 15.0. The standard InChI is InChI=1S/C23H23N3O4S2/c1-15-5-7-16(8-6-15)32(28,29)26-14-12-18-17(11-13-24-21(18)26)19-9-10-20(31-19)25-22(27)30-23(2,3)4/h5-14H,1-4H3,(H,25,27). The molecule has 1 amide bonds. The number of ether oxygens (including phenoxy) is 1. The van der Waals surface area contributed by atoms with Crippen LogP contribution >= 0.6 is 11.3 Å². The molecule has 0 bridgehead atoms. The number of thiophene rings is 1. The van der Waals surface area contributed by atoms with Gasteiger partial charge in [-0.25, -0.2) is 22.2 Å². The summed E-state index contributed by atoms with van der Waals surface area (Å²) in [7, 11) is -3.78. The van der Waals surface area contributed by atoms with Crippen molar-refractivity contribution < 1.29 is 17.9 Å². The molecule has 0 aliphatic heterocycles. The van der Waals surface area contributed by atoms with E-state index in [-0.39, 0.29) is 4.90 Å². The molecule has 9 heteroatoms. The number of pyridine rings is 1. The predicted octanol–water partition coefficient (Wildman–Crippen LogP) is 5.66. The maximum Gasteiger partial charge on any atom is 0.412 e. The Bertz CT molecular complexity index is 1400. The lowest BCUT2D eigenvalue weighted by Gasteiger charge is -2.19. The Labute approximate surface area is 190 Å². The summed E-state index contributed by atoms with van der Waals surface area (Å²) in [6, 6.07) is 13.9. The lowest BCUT2D eigenvalue weighted by molar-refractivity contribution is 0.0636. The number of hydrogen-bond donors (Lipinski definition) is 1. The number of nitrogens with one attached hydrogen (secondary N) is 1. The Hall–Kier alpha value is -3.17. The number of hydrogen-bond acceptors (Lipinski definition) is 6. The molecule has 3 heterocycles. The molecule has 3 aromatic heterocycles. The zero-order chi connectivity index (χ0) is 23.1. The molecule has 166 valence electrons. The van der Waals surface area contributed by atoms with Crippen molar-refractivity contribution in [3.8, 4) is 10.4 Å². The first-order valence-corrected chi connectivity index (χ1v) is 12.2. The molecule has 0 atom stereocenters. The minimum Gasteiger partial charge on any atom is -0.444 e. The Morgan fingerprint density at radius 2 is 1.78 bits per heavy atom. The SMILES string of the molecule is Cc1ccc(S(=O)(=O)n2ccc3c(-c4ccc(NC(=O)OC(C)(C)C)s4)ccnc32)cc1. The van der Waals surface area contributed by atoms with Crippen LogP contribution in [-0.2, 0) is 14.8 Å². The average molecular weight is 470 g/mol. The van der Waals surface area contributed by atoms with Crippen molar-refractivity contribution in [2.45, 2.75) is 38.2 Å². The Kier molecular flexibility index (Phi) is 5.56. The summed E-state index contributed by atoms with van der Waals surface area (Å²) in [5.41, 5.74) is 1.57. The number of carbonyl (C=O) groups is 1. The second-order valence-corrected chi connectivity index (χ2v) is 11.2. The lowest BCUT2D eigenvalue weighted by atomic mass is 10.1. The highest BCUT2D eigenvalue weighted by Crippen LogP contribution is 2.36. The van der Waals surface area contributed by atoms with E-state index < -0.39 is 21.7 Å². The Morgan fingerprint density at radius 1 is 1.06 bits per heavy atom. The topological polar surface area (TPSA) is 90.3 Å². The van der Waals surface area contributed by atoms with Crippen molar-refractivity contribution in [3.63, 3.8) is 0 Å². The summed E-state index contributed by atoms with van der Waals surface area (Å²) in [5, 5.41) is 4.07. The predicted molar refractivity (Wildman–Crippen MR) is 127 cm³/mol. The van der Waals surface area contributed by atoms with Gasteiger partial charge in [0.15, 0.2) is 5.65 Å². The summed E-state index contributed by atoms with van der Waals surface area (Å²) in [5.74, 6) is 0. The van der Waals surface area contributed by atoms with E-state index in [0.29, 0.717) is 16.0 Å². The van der Waals surface area contributed by atoms with Gasteiger partial charge in [0.25, 0.3) is 10.0 Å². The molecule has 4 rings (SSSR count). The van der Waals surface area contributed by atoms with Gasteiger partial charge in [0.2, 0.25) is 0 Å². The summed E-state index contributed by atoms with van der Waals surface area (Å²) in [6.45, 7) is 7.31. The van der Waals surface area contributed by atoms with E-state index in [1.165, 1.54) is 21.5 Å². The van der Waals surface area contributed by atoms with Crippen molar-refractivity contribution in [1.29, 1.82) is 0 Å². The van der Waals surface area contributed by atoms with E-state index in [1.807, 2.05) is 19.1 Å². The van der Waals surface area contributed by atoms with E-state index >= 15 is 0 Å². The molecule has 32 heavy (non-hydrogen) atoms. The first kappa shape index (κ1) is 22.0. The molecule has 0 aliphatic rings. The van der Waals surface area contributed by atoms with Crippen LogP contribution in [0.2, 0.25) is 0 Å². The number of fused-ring (bicyclic) bond motifs is 1. The van der Waals surface area contributed by atoms with Crippen LogP contribution in [0.5, 0.6) is 0 Å². The fourth-order valence-electron chi connectivity index (χ4n) is 3.20. The fraction of sp³-hybridized carbons (Fsp3) is 0.217. The van der Waals surface area contributed by atoms with Crippen LogP contribution in [-0.4, -0.2) is 29.1 Å². The lowest BCUT2D eigenvalue weighted by Crippen LogP contribution is -2.26. The van der Waals surface area contributed by atoms with Crippen molar-refractivity contribution in [2.75, 3.05) is 5.32 Å². The van der Waals surface area contributed by atoms with Gasteiger partial charge in [-0.1, -0.05) is 17.7 Å². The van der Waals surface area contributed by atoms with E-state index in [2.05, 4.69) is 10.3 Å². The number of amides is 1. The van der Waals surface area contributed by atoms with Gasteiger partial charge in [0.05, 0.1) is 9.90 Å². The summed E-state index contributed by atoms with van der Waals surface area (Å²) in [6.07, 6.45) is 2.57. The van der Waals surface area contributed by atoms with Gasteiger partial charge in [-0.3, -0.25) is 5.32 Å².